The van der Waals surface area contributed by atoms with Crippen molar-refractivity contribution in [2.24, 2.45) is 0 Å². The average molecular weight is 253 g/mol. The van der Waals surface area contributed by atoms with Gasteiger partial charge < -0.3 is 0 Å². The van der Waals surface area contributed by atoms with E-state index in [-0.39, 0.29) is 4.90 Å². The first-order valence-corrected chi connectivity index (χ1v) is 5.82. The maximum Gasteiger partial charge on any atom is 0.402 e. The van der Waals surface area contributed by atoms with Crippen LogP contribution < -0.4 is 4.72 Å². The first-order chi connectivity index (χ1) is 7.21. The molecule has 1 aromatic carbocycles. The Labute approximate surface area is 91.3 Å². The number of halogens is 3. The van der Waals surface area contributed by atoms with Gasteiger partial charge in [0.25, 0.3) is 0 Å². The topological polar surface area (TPSA) is 46.2 Å². The Bertz CT molecular complexity index is 451. The highest BCUT2D eigenvalue weighted by atomic mass is 32.2. The Morgan fingerprint density at radius 2 is 1.69 bits per heavy atom. The molecule has 0 atom stereocenters. The summed E-state index contributed by atoms with van der Waals surface area (Å²) < 4.78 is 59.8. The molecule has 0 amide bonds. The van der Waals surface area contributed by atoms with Crippen molar-refractivity contribution in [3.63, 3.8) is 0 Å². The summed E-state index contributed by atoms with van der Waals surface area (Å²) in [6, 6.07) is 5.55. The van der Waals surface area contributed by atoms with Crippen LogP contribution in [0.25, 0.3) is 0 Å². The largest absolute Gasteiger partial charge is 0.402 e. The van der Waals surface area contributed by atoms with Crippen LogP contribution in [0.2, 0.25) is 0 Å². The zero-order chi connectivity index (χ0) is 12.4. The van der Waals surface area contributed by atoms with Crippen molar-refractivity contribution in [2.45, 2.75) is 18.0 Å². The summed E-state index contributed by atoms with van der Waals surface area (Å²) in [7, 11) is -4.08. The van der Waals surface area contributed by atoms with E-state index >= 15 is 0 Å². The van der Waals surface area contributed by atoms with Crippen molar-refractivity contribution >= 4 is 10.0 Å². The number of rotatable bonds is 3. The predicted molar refractivity (Wildman–Crippen MR) is 52.4 cm³/mol. The summed E-state index contributed by atoms with van der Waals surface area (Å²) in [5.74, 6) is 0. The summed E-state index contributed by atoms with van der Waals surface area (Å²) in [6.45, 7) is 0.183. The third kappa shape index (κ3) is 3.82. The van der Waals surface area contributed by atoms with Gasteiger partial charge in [0, 0.05) is 0 Å². The van der Waals surface area contributed by atoms with Crippen LogP contribution in [0.1, 0.15) is 5.56 Å². The van der Waals surface area contributed by atoms with Gasteiger partial charge in [0.15, 0.2) is 0 Å². The molecule has 16 heavy (non-hydrogen) atoms. The molecule has 0 spiro atoms. The zero-order valence-corrected chi connectivity index (χ0v) is 9.19. The number of nitrogens with one attached hydrogen (secondary N) is 1. The third-order valence-electron chi connectivity index (χ3n) is 1.79. The zero-order valence-electron chi connectivity index (χ0n) is 8.38. The van der Waals surface area contributed by atoms with Crippen LogP contribution in [-0.4, -0.2) is 21.1 Å². The molecule has 7 heteroatoms. The Balaban J connectivity index is 2.83. The van der Waals surface area contributed by atoms with Crippen LogP contribution in [0.3, 0.4) is 0 Å². The second kappa shape index (κ2) is 4.42. The van der Waals surface area contributed by atoms with Gasteiger partial charge in [0.1, 0.15) is 6.54 Å². The summed E-state index contributed by atoms with van der Waals surface area (Å²) in [4.78, 5) is -0.178. The highest BCUT2D eigenvalue weighted by Crippen LogP contribution is 2.15. The lowest BCUT2D eigenvalue weighted by Gasteiger charge is -2.09. The van der Waals surface area contributed by atoms with Crippen molar-refractivity contribution in [3.05, 3.63) is 29.8 Å². The van der Waals surface area contributed by atoms with E-state index in [0.717, 1.165) is 5.56 Å². The minimum Gasteiger partial charge on any atom is -0.207 e. The van der Waals surface area contributed by atoms with Gasteiger partial charge in [-0.15, -0.1) is 0 Å². The molecule has 1 N–H and O–H groups in total. The fourth-order valence-electron chi connectivity index (χ4n) is 0.978. The van der Waals surface area contributed by atoms with Crippen LogP contribution >= 0.6 is 0 Å². The Morgan fingerprint density at radius 1 is 1.19 bits per heavy atom. The predicted octanol–water partition coefficient (Wildman–Crippen LogP) is 1.84. The molecule has 0 saturated heterocycles. The van der Waals surface area contributed by atoms with Gasteiger partial charge in [-0.05, 0) is 19.1 Å². The molecular weight excluding hydrogens is 243 g/mol. The number of aryl methyl sites for hydroxylation is 1. The standard InChI is InChI=1S/C9H10F3NO2S/c1-7-2-4-8(5-3-7)16(14,15)13-6-9(10,11)12/h2-5,13H,6H2,1H3. The molecule has 0 aromatic heterocycles. The van der Waals surface area contributed by atoms with Crippen molar-refractivity contribution in [1.82, 2.24) is 4.72 Å². The van der Waals surface area contributed by atoms with Gasteiger partial charge in [-0.3, -0.25) is 0 Å². The minimum absolute atomic E-state index is 0.178. The quantitative estimate of drug-likeness (QED) is 0.893. The Morgan fingerprint density at radius 3 is 2.12 bits per heavy atom. The summed E-state index contributed by atoms with van der Waals surface area (Å²) in [5, 5.41) is 0. The van der Waals surface area contributed by atoms with E-state index in [1.807, 2.05) is 0 Å². The maximum atomic E-state index is 11.8. The van der Waals surface area contributed by atoms with E-state index < -0.39 is 22.7 Å². The SMILES string of the molecule is Cc1ccc(S(=O)(=O)NCC(F)(F)F)cc1. The van der Waals surface area contributed by atoms with Gasteiger partial charge >= 0.3 is 6.18 Å². The summed E-state index contributed by atoms with van der Waals surface area (Å²) >= 11 is 0. The lowest BCUT2D eigenvalue weighted by molar-refractivity contribution is -0.121. The van der Waals surface area contributed by atoms with Crippen LogP contribution in [0.5, 0.6) is 0 Å². The van der Waals surface area contributed by atoms with Gasteiger partial charge in [-0.25, -0.2) is 13.1 Å². The monoisotopic (exact) mass is 253 g/mol. The minimum atomic E-state index is -4.56. The molecule has 90 valence electrons. The molecule has 0 fully saturated rings. The van der Waals surface area contributed by atoms with Gasteiger partial charge in [-0.2, -0.15) is 13.2 Å². The van der Waals surface area contributed by atoms with Gasteiger partial charge in [0.05, 0.1) is 4.90 Å². The van der Waals surface area contributed by atoms with Crippen LogP contribution in [0.15, 0.2) is 29.2 Å². The third-order valence-corrected chi connectivity index (χ3v) is 3.21. The number of hydrogen-bond acceptors (Lipinski definition) is 2. The lowest BCUT2D eigenvalue weighted by Crippen LogP contribution is -2.33. The van der Waals surface area contributed by atoms with E-state index in [2.05, 4.69) is 0 Å². The molecule has 0 unspecified atom stereocenters. The molecule has 0 saturated carbocycles. The van der Waals surface area contributed by atoms with Crippen molar-refractivity contribution < 1.29 is 21.6 Å². The number of alkyl halides is 3. The van der Waals surface area contributed by atoms with E-state index in [0.29, 0.717) is 0 Å². The van der Waals surface area contributed by atoms with Crippen molar-refractivity contribution in [3.8, 4) is 0 Å². The summed E-state index contributed by atoms with van der Waals surface area (Å²) in [6.07, 6.45) is -4.56. The number of hydrogen-bond donors (Lipinski definition) is 1. The second-order valence-electron chi connectivity index (χ2n) is 3.25. The number of sulfonamides is 1. The molecule has 1 rings (SSSR count). The maximum absolute atomic E-state index is 11.8. The van der Waals surface area contributed by atoms with Crippen molar-refractivity contribution in [1.29, 1.82) is 0 Å². The van der Waals surface area contributed by atoms with E-state index in [1.54, 1.807) is 6.92 Å². The van der Waals surface area contributed by atoms with Gasteiger partial charge in [-0.1, -0.05) is 17.7 Å². The van der Waals surface area contributed by atoms with Crippen LogP contribution in [0, 0.1) is 6.92 Å². The van der Waals surface area contributed by atoms with E-state index in [4.69, 9.17) is 0 Å². The average Bonchev–Trinajstić information content (AvgIpc) is 2.15. The summed E-state index contributed by atoms with van der Waals surface area (Å²) in [5.41, 5.74) is 0.828. The molecule has 0 aliphatic carbocycles. The Hall–Kier alpha value is -1.08. The number of benzene rings is 1. The second-order valence-corrected chi connectivity index (χ2v) is 5.02. The van der Waals surface area contributed by atoms with E-state index in [9.17, 15) is 21.6 Å². The fourth-order valence-corrected chi connectivity index (χ4v) is 1.99. The molecule has 0 bridgehead atoms. The van der Waals surface area contributed by atoms with Gasteiger partial charge in [0.2, 0.25) is 10.0 Å². The lowest BCUT2D eigenvalue weighted by atomic mass is 10.2. The van der Waals surface area contributed by atoms with Crippen LogP contribution in [0.4, 0.5) is 13.2 Å². The van der Waals surface area contributed by atoms with Crippen LogP contribution in [-0.2, 0) is 10.0 Å². The molecule has 3 nitrogen and oxygen atoms in total. The highest BCUT2D eigenvalue weighted by molar-refractivity contribution is 7.89. The fraction of sp³-hybridized carbons (Fsp3) is 0.333. The molecular formula is C9H10F3NO2S. The van der Waals surface area contributed by atoms with Crippen molar-refractivity contribution in [2.75, 3.05) is 6.54 Å². The molecule has 0 aliphatic rings. The smallest absolute Gasteiger partial charge is 0.207 e. The molecule has 0 heterocycles. The first kappa shape index (κ1) is 13.0. The Kier molecular flexibility index (Phi) is 3.59. The highest BCUT2D eigenvalue weighted by Gasteiger charge is 2.29. The molecule has 1 aromatic rings. The normalized spacial score (nSPS) is 12.8. The molecule has 0 radical (unpaired) electrons. The molecule has 0 aliphatic heterocycles. The first-order valence-electron chi connectivity index (χ1n) is 4.34. The van der Waals surface area contributed by atoms with E-state index in [1.165, 1.54) is 29.0 Å².